The fraction of sp³-hybridized carbons (Fsp3) is 0.364. The maximum Gasteiger partial charge on any atom is 0.224 e. The van der Waals surface area contributed by atoms with Crippen LogP contribution in [0.5, 0.6) is 11.5 Å². The first kappa shape index (κ1) is 21.3. The third-order valence-electron chi connectivity index (χ3n) is 4.32. The van der Waals surface area contributed by atoms with Crippen LogP contribution in [-0.2, 0) is 9.59 Å². The first-order valence-corrected chi connectivity index (χ1v) is 9.49. The van der Waals surface area contributed by atoms with E-state index in [4.69, 9.17) is 9.47 Å². The average Bonchev–Trinajstić information content (AvgIpc) is 2.71. The van der Waals surface area contributed by atoms with Crippen molar-refractivity contribution in [2.24, 2.45) is 0 Å². The van der Waals surface area contributed by atoms with Crippen LogP contribution in [0.3, 0.4) is 0 Å². The predicted molar refractivity (Wildman–Crippen MR) is 111 cm³/mol. The first-order chi connectivity index (χ1) is 13.6. The minimum absolute atomic E-state index is 0.0292. The van der Waals surface area contributed by atoms with Crippen LogP contribution >= 0.6 is 0 Å². The van der Waals surface area contributed by atoms with Crippen LogP contribution in [0.2, 0.25) is 0 Å². The standard InChI is InChI=1S/C22H28N2O4/c1-27-19-13-9-7-11-17(19)23-21(25)15-5-3-4-6-16-22(26)24-18-12-8-10-14-20(18)28-2/h7-14H,3-6,15-16H2,1-2H3,(H,23,25)(H,24,26). The molecule has 0 saturated heterocycles. The van der Waals surface area contributed by atoms with Gasteiger partial charge in [-0.3, -0.25) is 9.59 Å². The van der Waals surface area contributed by atoms with Crippen molar-refractivity contribution in [3.63, 3.8) is 0 Å². The van der Waals surface area contributed by atoms with Gasteiger partial charge in [-0.25, -0.2) is 0 Å². The molecule has 0 aromatic heterocycles. The highest BCUT2D eigenvalue weighted by Crippen LogP contribution is 2.24. The molecule has 2 rings (SSSR count). The van der Waals surface area contributed by atoms with E-state index in [1.807, 2.05) is 48.5 Å². The number of carbonyl (C=O) groups is 2. The van der Waals surface area contributed by atoms with E-state index >= 15 is 0 Å². The highest BCUT2D eigenvalue weighted by molar-refractivity contribution is 5.92. The summed E-state index contributed by atoms with van der Waals surface area (Å²) in [6, 6.07) is 14.7. The third kappa shape index (κ3) is 6.95. The zero-order chi connectivity index (χ0) is 20.2. The predicted octanol–water partition coefficient (Wildman–Crippen LogP) is 4.62. The van der Waals surface area contributed by atoms with E-state index in [1.165, 1.54) is 0 Å². The molecule has 28 heavy (non-hydrogen) atoms. The lowest BCUT2D eigenvalue weighted by molar-refractivity contribution is -0.117. The van der Waals surface area contributed by atoms with Gasteiger partial charge in [0.05, 0.1) is 25.6 Å². The number of methoxy groups -OCH3 is 2. The summed E-state index contributed by atoms with van der Waals surface area (Å²) in [7, 11) is 3.16. The molecular formula is C22H28N2O4. The Hall–Kier alpha value is -3.02. The van der Waals surface area contributed by atoms with Crippen molar-refractivity contribution in [2.75, 3.05) is 24.9 Å². The number of nitrogens with one attached hydrogen (secondary N) is 2. The highest BCUT2D eigenvalue weighted by Gasteiger charge is 2.08. The Morgan fingerprint density at radius 1 is 0.679 bits per heavy atom. The van der Waals surface area contributed by atoms with Crippen LogP contribution in [0.1, 0.15) is 38.5 Å². The van der Waals surface area contributed by atoms with E-state index in [0.29, 0.717) is 35.7 Å². The fourth-order valence-electron chi connectivity index (χ4n) is 2.85. The molecule has 0 aliphatic rings. The zero-order valence-electron chi connectivity index (χ0n) is 16.5. The van der Waals surface area contributed by atoms with Gasteiger partial charge in [-0.05, 0) is 37.1 Å². The number of rotatable bonds is 11. The second-order valence-electron chi connectivity index (χ2n) is 6.41. The van der Waals surface area contributed by atoms with Crippen molar-refractivity contribution in [2.45, 2.75) is 38.5 Å². The molecule has 2 amide bonds. The monoisotopic (exact) mass is 384 g/mol. The number of anilines is 2. The van der Waals surface area contributed by atoms with Gasteiger partial charge in [0, 0.05) is 12.8 Å². The highest BCUT2D eigenvalue weighted by atomic mass is 16.5. The van der Waals surface area contributed by atoms with Crippen LogP contribution in [0.25, 0.3) is 0 Å². The molecule has 0 fully saturated rings. The number of hydrogen-bond acceptors (Lipinski definition) is 4. The zero-order valence-corrected chi connectivity index (χ0v) is 16.5. The Bertz CT molecular complexity index is 711. The van der Waals surface area contributed by atoms with E-state index < -0.39 is 0 Å². The molecule has 2 aromatic carbocycles. The molecule has 150 valence electrons. The van der Waals surface area contributed by atoms with Gasteiger partial charge in [0.2, 0.25) is 11.8 Å². The molecule has 2 aromatic rings. The molecule has 0 saturated carbocycles. The molecule has 6 heteroatoms. The Labute approximate surface area is 166 Å². The molecule has 0 unspecified atom stereocenters. The topological polar surface area (TPSA) is 76.7 Å². The van der Waals surface area contributed by atoms with Crippen LogP contribution in [0.15, 0.2) is 48.5 Å². The summed E-state index contributed by atoms with van der Waals surface area (Å²) in [5.41, 5.74) is 1.37. The molecule has 0 heterocycles. The Kier molecular flexibility index (Phi) is 8.85. The van der Waals surface area contributed by atoms with Crippen molar-refractivity contribution < 1.29 is 19.1 Å². The van der Waals surface area contributed by atoms with Crippen LogP contribution in [0.4, 0.5) is 11.4 Å². The van der Waals surface area contributed by atoms with Crippen LogP contribution in [0, 0.1) is 0 Å². The van der Waals surface area contributed by atoms with Crippen LogP contribution in [-0.4, -0.2) is 26.0 Å². The van der Waals surface area contributed by atoms with Crippen molar-refractivity contribution >= 4 is 23.2 Å². The van der Waals surface area contributed by atoms with E-state index in [2.05, 4.69) is 10.6 Å². The summed E-state index contributed by atoms with van der Waals surface area (Å²) in [5, 5.41) is 5.74. The Morgan fingerprint density at radius 3 is 1.46 bits per heavy atom. The summed E-state index contributed by atoms with van der Waals surface area (Å²) in [4.78, 5) is 24.1. The van der Waals surface area contributed by atoms with Gasteiger partial charge in [-0.2, -0.15) is 0 Å². The van der Waals surface area contributed by atoms with E-state index in [9.17, 15) is 9.59 Å². The van der Waals surface area contributed by atoms with E-state index in [0.717, 1.165) is 25.7 Å². The average molecular weight is 384 g/mol. The van der Waals surface area contributed by atoms with Gasteiger partial charge >= 0.3 is 0 Å². The maximum absolute atomic E-state index is 12.0. The normalized spacial score (nSPS) is 10.2. The summed E-state index contributed by atoms with van der Waals surface area (Å²) in [6.07, 6.45) is 4.28. The summed E-state index contributed by atoms with van der Waals surface area (Å²) >= 11 is 0. The lowest BCUT2D eigenvalue weighted by Gasteiger charge is -2.10. The fourth-order valence-corrected chi connectivity index (χ4v) is 2.85. The number of carbonyl (C=O) groups excluding carboxylic acids is 2. The number of para-hydroxylation sites is 4. The minimum Gasteiger partial charge on any atom is -0.495 e. The van der Waals surface area contributed by atoms with Crippen LogP contribution < -0.4 is 20.1 Å². The van der Waals surface area contributed by atoms with Crippen molar-refractivity contribution in [1.82, 2.24) is 0 Å². The number of hydrogen-bond donors (Lipinski definition) is 2. The second kappa shape index (κ2) is 11.6. The molecule has 0 aliphatic heterocycles. The van der Waals surface area contributed by atoms with Gasteiger partial charge in [-0.15, -0.1) is 0 Å². The van der Waals surface area contributed by atoms with Gasteiger partial charge in [-0.1, -0.05) is 37.1 Å². The summed E-state index contributed by atoms with van der Waals surface area (Å²) in [5.74, 6) is 1.24. The quantitative estimate of drug-likeness (QED) is 0.554. The molecule has 2 N–H and O–H groups in total. The number of benzene rings is 2. The number of amides is 2. The van der Waals surface area contributed by atoms with E-state index in [1.54, 1.807) is 14.2 Å². The minimum atomic E-state index is -0.0292. The molecule has 0 bridgehead atoms. The van der Waals surface area contributed by atoms with Crippen molar-refractivity contribution in [3.8, 4) is 11.5 Å². The summed E-state index contributed by atoms with van der Waals surface area (Å²) in [6.45, 7) is 0. The Balaban J connectivity index is 1.60. The number of unbranched alkanes of at least 4 members (excludes halogenated alkanes) is 3. The Morgan fingerprint density at radius 2 is 1.07 bits per heavy atom. The van der Waals surface area contributed by atoms with Gasteiger partial charge in [0.1, 0.15) is 11.5 Å². The first-order valence-electron chi connectivity index (χ1n) is 9.49. The second-order valence-corrected chi connectivity index (χ2v) is 6.41. The third-order valence-corrected chi connectivity index (χ3v) is 4.32. The van der Waals surface area contributed by atoms with Gasteiger partial charge < -0.3 is 20.1 Å². The van der Waals surface area contributed by atoms with Gasteiger partial charge in [0.15, 0.2) is 0 Å². The molecule has 0 atom stereocenters. The molecule has 6 nitrogen and oxygen atoms in total. The lowest BCUT2D eigenvalue weighted by atomic mass is 10.1. The summed E-state index contributed by atoms with van der Waals surface area (Å²) < 4.78 is 10.4. The largest absolute Gasteiger partial charge is 0.495 e. The van der Waals surface area contributed by atoms with Crippen molar-refractivity contribution in [1.29, 1.82) is 0 Å². The molecule has 0 spiro atoms. The van der Waals surface area contributed by atoms with E-state index in [-0.39, 0.29) is 11.8 Å². The SMILES string of the molecule is COc1ccccc1NC(=O)CCCCCCC(=O)Nc1ccccc1OC. The maximum atomic E-state index is 12.0. The molecule has 0 aliphatic carbocycles. The molecule has 0 radical (unpaired) electrons. The lowest BCUT2D eigenvalue weighted by Crippen LogP contribution is -2.12. The van der Waals surface area contributed by atoms with Gasteiger partial charge in [0.25, 0.3) is 0 Å². The van der Waals surface area contributed by atoms with Crippen molar-refractivity contribution in [3.05, 3.63) is 48.5 Å². The smallest absolute Gasteiger partial charge is 0.224 e. The molecular weight excluding hydrogens is 356 g/mol. The number of ether oxygens (including phenoxy) is 2.